The highest BCUT2D eigenvalue weighted by Crippen LogP contribution is 2.37. The van der Waals surface area contributed by atoms with Gasteiger partial charge in [-0.1, -0.05) is 60.7 Å². The Hall–Kier alpha value is -3.80. The summed E-state index contributed by atoms with van der Waals surface area (Å²) in [5.41, 5.74) is 2.71. The predicted octanol–water partition coefficient (Wildman–Crippen LogP) is 3.67. The molecule has 2 aliphatic heterocycles. The van der Waals surface area contributed by atoms with Crippen LogP contribution < -0.4 is 19.7 Å². The molecule has 0 saturated carbocycles. The van der Waals surface area contributed by atoms with Crippen molar-refractivity contribution in [3.63, 3.8) is 0 Å². The van der Waals surface area contributed by atoms with Crippen molar-refractivity contribution in [2.24, 2.45) is 5.92 Å². The molecule has 3 aromatic carbocycles. The summed E-state index contributed by atoms with van der Waals surface area (Å²) >= 11 is 0. The Morgan fingerprint density at radius 3 is 2.23 bits per heavy atom. The summed E-state index contributed by atoms with van der Waals surface area (Å²) in [7, 11) is 0. The number of hydrogen-bond acceptors (Lipinski definition) is 4. The zero-order valence-corrected chi connectivity index (χ0v) is 16.9. The van der Waals surface area contributed by atoms with Crippen LogP contribution in [-0.4, -0.2) is 25.2 Å². The van der Waals surface area contributed by atoms with Gasteiger partial charge in [0.2, 0.25) is 18.6 Å². The van der Waals surface area contributed by atoms with Crippen LogP contribution in [0.2, 0.25) is 0 Å². The van der Waals surface area contributed by atoms with E-state index >= 15 is 0 Å². The lowest BCUT2D eigenvalue weighted by Gasteiger charge is -2.22. The Kier molecular flexibility index (Phi) is 5.04. The highest BCUT2D eigenvalue weighted by atomic mass is 16.7. The van der Waals surface area contributed by atoms with E-state index in [1.54, 1.807) is 17.0 Å². The van der Waals surface area contributed by atoms with E-state index in [2.05, 4.69) is 5.32 Å². The molecule has 31 heavy (non-hydrogen) atoms. The molecule has 0 aliphatic carbocycles. The van der Waals surface area contributed by atoms with Crippen molar-refractivity contribution >= 4 is 17.5 Å². The number of nitrogens with one attached hydrogen (secondary N) is 1. The first-order chi connectivity index (χ1) is 15.2. The van der Waals surface area contributed by atoms with Crippen LogP contribution in [0.1, 0.15) is 23.6 Å². The normalized spacial score (nSPS) is 17.3. The van der Waals surface area contributed by atoms with Gasteiger partial charge in [-0.15, -0.1) is 0 Å². The van der Waals surface area contributed by atoms with Crippen LogP contribution in [0, 0.1) is 5.92 Å². The molecule has 0 unspecified atom stereocenters. The van der Waals surface area contributed by atoms with Gasteiger partial charge < -0.3 is 19.7 Å². The summed E-state index contributed by atoms with van der Waals surface area (Å²) in [6.45, 7) is 0.513. The third kappa shape index (κ3) is 3.84. The molecule has 0 bridgehead atoms. The summed E-state index contributed by atoms with van der Waals surface area (Å²) in [6, 6.07) is 24.8. The Morgan fingerprint density at radius 2 is 1.55 bits per heavy atom. The zero-order chi connectivity index (χ0) is 21.2. The van der Waals surface area contributed by atoms with E-state index in [1.165, 1.54) is 0 Å². The third-order valence-electron chi connectivity index (χ3n) is 5.72. The number of carbonyl (C=O) groups excluding carboxylic acids is 2. The molecule has 2 aliphatic rings. The third-order valence-corrected chi connectivity index (χ3v) is 5.72. The van der Waals surface area contributed by atoms with E-state index in [4.69, 9.17) is 9.47 Å². The van der Waals surface area contributed by atoms with Gasteiger partial charge >= 0.3 is 0 Å². The standard InChI is InChI=1S/C25H22N2O4/c28-23-13-19(15-27(23)20-11-12-21-22(14-20)31-16-30-21)25(29)26-24(17-7-3-1-4-8-17)18-9-5-2-6-10-18/h1-12,14,19,24H,13,15-16H2,(H,26,29)/t19-/m0/s1. The van der Waals surface area contributed by atoms with Crippen molar-refractivity contribution in [2.45, 2.75) is 12.5 Å². The zero-order valence-electron chi connectivity index (χ0n) is 16.9. The van der Waals surface area contributed by atoms with Gasteiger partial charge in [-0.25, -0.2) is 0 Å². The maximum Gasteiger partial charge on any atom is 0.231 e. The van der Waals surface area contributed by atoms with Gasteiger partial charge in [-0.05, 0) is 23.3 Å². The van der Waals surface area contributed by atoms with Crippen LogP contribution in [0.3, 0.4) is 0 Å². The maximum atomic E-state index is 13.2. The second kappa shape index (κ2) is 8.14. The van der Waals surface area contributed by atoms with Gasteiger partial charge in [0.05, 0.1) is 12.0 Å². The molecule has 2 amide bonds. The fourth-order valence-electron chi connectivity index (χ4n) is 4.10. The van der Waals surface area contributed by atoms with Gasteiger partial charge in [0.1, 0.15) is 0 Å². The number of hydrogen-bond donors (Lipinski definition) is 1. The molecule has 3 aromatic rings. The van der Waals surface area contributed by atoms with Crippen molar-refractivity contribution in [3.05, 3.63) is 90.0 Å². The molecule has 1 atom stereocenters. The van der Waals surface area contributed by atoms with Crippen LogP contribution in [0.4, 0.5) is 5.69 Å². The molecule has 1 N–H and O–H groups in total. The summed E-state index contributed by atoms with van der Waals surface area (Å²) in [4.78, 5) is 27.5. The molecule has 6 heteroatoms. The van der Waals surface area contributed by atoms with Gasteiger partial charge in [-0.3, -0.25) is 9.59 Å². The Morgan fingerprint density at radius 1 is 0.903 bits per heavy atom. The Balaban J connectivity index is 1.34. The van der Waals surface area contributed by atoms with Crippen molar-refractivity contribution in [1.82, 2.24) is 5.32 Å². The first-order valence-electron chi connectivity index (χ1n) is 10.3. The number of rotatable bonds is 5. The minimum Gasteiger partial charge on any atom is -0.454 e. The van der Waals surface area contributed by atoms with Crippen molar-refractivity contribution in [1.29, 1.82) is 0 Å². The number of ether oxygens (including phenoxy) is 2. The summed E-state index contributed by atoms with van der Waals surface area (Å²) in [6.07, 6.45) is 0.177. The number of benzene rings is 3. The van der Waals surface area contributed by atoms with E-state index in [0.717, 1.165) is 11.1 Å². The second-order valence-corrected chi connectivity index (χ2v) is 7.71. The van der Waals surface area contributed by atoms with Crippen LogP contribution >= 0.6 is 0 Å². The number of carbonyl (C=O) groups is 2. The summed E-state index contributed by atoms with van der Waals surface area (Å²) < 4.78 is 10.8. The first-order valence-corrected chi connectivity index (χ1v) is 10.3. The number of amides is 2. The van der Waals surface area contributed by atoms with Gasteiger partial charge in [0.15, 0.2) is 11.5 Å². The van der Waals surface area contributed by atoms with Gasteiger partial charge in [0.25, 0.3) is 0 Å². The first kappa shape index (κ1) is 19.2. The number of nitrogens with zero attached hydrogens (tertiary/aromatic N) is 1. The average Bonchev–Trinajstić information content (AvgIpc) is 3.44. The number of fused-ring (bicyclic) bond motifs is 1. The predicted molar refractivity (Wildman–Crippen MR) is 116 cm³/mol. The highest BCUT2D eigenvalue weighted by molar-refractivity contribution is 6.00. The van der Waals surface area contributed by atoms with Crippen molar-refractivity contribution in [3.8, 4) is 11.5 Å². The minimum atomic E-state index is -0.423. The van der Waals surface area contributed by atoms with E-state index < -0.39 is 5.92 Å². The van der Waals surface area contributed by atoms with Gasteiger partial charge in [-0.2, -0.15) is 0 Å². The Bertz CT molecular complexity index is 1060. The smallest absolute Gasteiger partial charge is 0.231 e. The fourth-order valence-corrected chi connectivity index (χ4v) is 4.10. The molecule has 6 nitrogen and oxygen atoms in total. The lowest BCUT2D eigenvalue weighted by molar-refractivity contribution is -0.126. The quantitative estimate of drug-likeness (QED) is 0.692. The topological polar surface area (TPSA) is 67.9 Å². The van der Waals surface area contributed by atoms with Crippen LogP contribution in [-0.2, 0) is 9.59 Å². The largest absolute Gasteiger partial charge is 0.454 e. The molecule has 2 heterocycles. The van der Waals surface area contributed by atoms with E-state index in [0.29, 0.717) is 23.7 Å². The van der Waals surface area contributed by atoms with E-state index in [-0.39, 0.29) is 31.1 Å². The van der Waals surface area contributed by atoms with Crippen molar-refractivity contribution in [2.75, 3.05) is 18.2 Å². The highest BCUT2D eigenvalue weighted by Gasteiger charge is 2.36. The second-order valence-electron chi connectivity index (χ2n) is 7.71. The molecule has 156 valence electrons. The molecule has 1 fully saturated rings. The fraction of sp³-hybridized carbons (Fsp3) is 0.200. The monoisotopic (exact) mass is 414 g/mol. The minimum absolute atomic E-state index is 0.0741. The molecule has 1 saturated heterocycles. The molecular weight excluding hydrogens is 392 g/mol. The molecular formula is C25H22N2O4. The lowest BCUT2D eigenvalue weighted by Crippen LogP contribution is -2.36. The van der Waals surface area contributed by atoms with Crippen LogP contribution in [0.25, 0.3) is 0 Å². The Labute approximate surface area is 180 Å². The van der Waals surface area contributed by atoms with Crippen molar-refractivity contribution < 1.29 is 19.1 Å². The van der Waals surface area contributed by atoms with Crippen LogP contribution in [0.15, 0.2) is 78.9 Å². The molecule has 0 spiro atoms. The maximum absolute atomic E-state index is 13.2. The molecule has 5 rings (SSSR count). The van der Waals surface area contributed by atoms with E-state index in [9.17, 15) is 9.59 Å². The average molecular weight is 414 g/mol. The molecule has 0 radical (unpaired) electrons. The van der Waals surface area contributed by atoms with Gasteiger partial charge in [0, 0.05) is 24.7 Å². The summed E-state index contributed by atoms with van der Waals surface area (Å²) in [5.74, 6) is 0.654. The van der Waals surface area contributed by atoms with Crippen LogP contribution in [0.5, 0.6) is 11.5 Å². The van der Waals surface area contributed by atoms with E-state index in [1.807, 2.05) is 66.7 Å². The lowest BCUT2D eigenvalue weighted by atomic mass is 9.97. The number of anilines is 1. The SMILES string of the molecule is O=C(NC(c1ccccc1)c1ccccc1)[C@H]1CC(=O)N(c2ccc3c(c2)OCO3)C1. The summed E-state index contributed by atoms with van der Waals surface area (Å²) in [5, 5.41) is 3.16. The molecule has 0 aromatic heterocycles.